The molecule has 2 aromatic carbocycles. The number of carbonyl (C=O) groups is 1. The third-order valence-electron chi connectivity index (χ3n) is 3.47. The van der Waals surface area contributed by atoms with Crippen LogP contribution in [0.25, 0.3) is 0 Å². The van der Waals surface area contributed by atoms with Gasteiger partial charge in [0.2, 0.25) is 0 Å². The minimum atomic E-state index is -1.01. The Bertz CT molecular complexity index is 653. The highest BCUT2D eigenvalue weighted by atomic mass is 19.1. The van der Waals surface area contributed by atoms with E-state index < -0.39 is 17.6 Å². The van der Waals surface area contributed by atoms with E-state index in [-0.39, 0.29) is 25.2 Å². The molecule has 0 aliphatic heterocycles. The summed E-state index contributed by atoms with van der Waals surface area (Å²) < 4.78 is 28.0. The van der Waals surface area contributed by atoms with E-state index in [1.807, 2.05) is 31.2 Å². The monoisotopic (exact) mass is 305 g/mol. The Labute approximate surface area is 127 Å². The van der Waals surface area contributed by atoms with Gasteiger partial charge >= 0.3 is 5.97 Å². The lowest BCUT2D eigenvalue weighted by Crippen LogP contribution is -2.28. The molecule has 3 nitrogen and oxygen atoms in total. The Morgan fingerprint density at radius 3 is 2.32 bits per heavy atom. The van der Waals surface area contributed by atoms with E-state index in [0.717, 1.165) is 11.1 Å². The van der Waals surface area contributed by atoms with Crippen molar-refractivity contribution in [1.29, 1.82) is 0 Å². The molecule has 0 heterocycles. The van der Waals surface area contributed by atoms with Gasteiger partial charge < -0.3 is 10.0 Å². The van der Waals surface area contributed by atoms with E-state index in [1.165, 1.54) is 23.1 Å². The molecule has 5 heteroatoms. The van der Waals surface area contributed by atoms with Gasteiger partial charge in [-0.15, -0.1) is 0 Å². The molecule has 0 spiro atoms. The molecule has 2 rings (SSSR count). The number of nitrogens with zero attached hydrogens (tertiary/aromatic N) is 1. The smallest absolute Gasteiger partial charge is 0.305 e. The van der Waals surface area contributed by atoms with E-state index >= 15 is 0 Å². The number of hydrogen-bond acceptors (Lipinski definition) is 2. The Morgan fingerprint density at radius 1 is 1.09 bits per heavy atom. The molecule has 0 saturated carbocycles. The topological polar surface area (TPSA) is 40.5 Å². The third-order valence-corrected chi connectivity index (χ3v) is 3.47. The number of aryl methyl sites for hydroxylation is 1. The number of para-hydroxylation sites is 1. The summed E-state index contributed by atoms with van der Waals surface area (Å²) in [5.41, 5.74) is 1.70. The summed E-state index contributed by atoms with van der Waals surface area (Å²) in [6, 6.07) is 11.1. The summed E-state index contributed by atoms with van der Waals surface area (Å²) >= 11 is 0. The lowest BCUT2D eigenvalue weighted by atomic mass is 10.1. The SMILES string of the molecule is Cc1ccccc1CN(CCC(=O)O)c1c(F)cccc1F. The summed E-state index contributed by atoms with van der Waals surface area (Å²) in [7, 11) is 0. The Hall–Kier alpha value is -2.43. The standard InChI is InChI=1S/C17H17F2NO2/c1-12-5-2-3-6-13(12)11-20(10-9-16(21)22)17-14(18)7-4-8-15(17)19/h2-8H,9-11H2,1H3,(H,21,22). The Morgan fingerprint density at radius 2 is 1.73 bits per heavy atom. The van der Waals surface area contributed by atoms with Crippen molar-refractivity contribution in [3.05, 3.63) is 65.2 Å². The van der Waals surface area contributed by atoms with E-state index in [0.29, 0.717) is 0 Å². The maximum Gasteiger partial charge on any atom is 0.305 e. The Kier molecular flexibility index (Phi) is 5.09. The number of carboxylic acid groups (broad SMARTS) is 1. The van der Waals surface area contributed by atoms with Gasteiger partial charge in [0.1, 0.15) is 17.3 Å². The zero-order valence-corrected chi connectivity index (χ0v) is 12.2. The van der Waals surface area contributed by atoms with Gasteiger partial charge in [-0.1, -0.05) is 30.3 Å². The lowest BCUT2D eigenvalue weighted by Gasteiger charge is -2.26. The van der Waals surface area contributed by atoms with Crippen LogP contribution in [0, 0.1) is 18.6 Å². The van der Waals surface area contributed by atoms with Gasteiger partial charge in [-0.25, -0.2) is 8.78 Å². The van der Waals surface area contributed by atoms with Crippen LogP contribution < -0.4 is 4.90 Å². The number of halogens is 2. The molecule has 0 aliphatic rings. The fourth-order valence-electron chi connectivity index (χ4n) is 2.28. The highest BCUT2D eigenvalue weighted by molar-refractivity contribution is 5.67. The zero-order chi connectivity index (χ0) is 16.1. The molecule has 0 atom stereocenters. The first-order chi connectivity index (χ1) is 10.5. The first-order valence-corrected chi connectivity index (χ1v) is 6.94. The van der Waals surface area contributed by atoms with Gasteiger partial charge in [0.25, 0.3) is 0 Å². The van der Waals surface area contributed by atoms with Crippen molar-refractivity contribution in [3.8, 4) is 0 Å². The van der Waals surface area contributed by atoms with Crippen molar-refractivity contribution in [3.63, 3.8) is 0 Å². The van der Waals surface area contributed by atoms with Crippen LogP contribution in [0.4, 0.5) is 14.5 Å². The number of hydrogen-bond donors (Lipinski definition) is 1. The molecule has 0 radical (unpaired) electrons. The third kappa shape index (κ3) is 3.81. The van der Waals surface area contributed by atoms with Crippen molar-refractivity contribution < 1.29 is 18.7 Å². The van der Waals surface area contributed by atoms with Crippen LogP contribution in [0.15, 0.2) is 42.5 Å². The average molecular weight is 305 g/mol. The summed E-state index contributed by atoms with van der Waals surface area (Å²) in [4.78, 5) is 12.2. The zero-order valence-electron chi connectivity index (χ0n) is 12.2. The van der Waals surface area contributed by atoms with Gasteiger partial charge in [-0.2, -0.15) is 0 Å². The van der Waals surface area contributed by atoms with E-state index in [4.69, 9.17) is 5.11 Å². The van der Waals surface area contributed by atoms with Gasteiger partial charge in [0.05, 0.1) is 6.42 Å². The van der Waals surface area contributed by atoms with Crippen LogP contribution in [0.2, 0.25) is 0 Å². The first-order valence-electron chi connectivity index (χ1n) is 6.94. The molecule has 1 N–H and O–H groups in total. The second-order valence-corrected chi connectivity index (χ2v) is 5.06. The van der Waals surface area contributed by atoms with Crippen molar-refractivity contribution in [2.24, 2.45) is 0 Å². The van der Waals surface area contributed by atoms with Gasteiger partial charge in [-0.05, 0) is 30.2 Å². The second-order valence-electron chi connectivity index (χ2n) is 5.06. The van der Waals surface area contributed by atoms with Crippen LogP contribution in [0.3, 0.4) is 0 Å². The minimum Gasteiger partial charge on any atom is -0.481 e. The van der Waals surface area contributed by atoms with E-state index in [1.54, 1.807) is 0 Å². The molecular weight excluding hydrogens is 288 g/mol. The average Bonchev–Trinajstić information content (AvgIpc) is 2.46. The number of carboxylic acids is 1. The lowest BCUT2D eigenvalue weighted by molar-refractivity contribution is -0.136. The minimum absolute atomic E-state index is 0.0293. The van der Waals surface area contributed by atoms with Crippen LogP contribution in [0.1, 0.15) is 17.5 Å². The molecule has 0 amide bonds. The summed E-state index contributed by atoms with van der Waals surface area (Å²) in [5, 5.41) is 8.85. The quantitative estimate of drug-likeness (QED) is 0.883. The fourth-order valence-corrected chi connectivity index (χ4v) is 2.28. The molecule has 0 aliphatic carbocycles. The number of benzene rings is 2. The molecule has 0 aromatic heterocycles. The van der Waals surface area contributed by atoms with Crippen molar-refractivity contribution in [2.45, 2.75) is 19.9 Å². The predicted molar refractivity (Wildman–Crippen MR) is 80.8 cm³/mol. The number of rotatable bonds is 6. The maximum absolute atomic E-state index is 14.0. The molecule has 0 unspecified atom stereocenters. The molecule has 22 heavy (non-hydrogen) atoms. The molecule has 0 saturated heterocycles. The highest BCUT2D eigenvalue weighted by Gasteiger charge is 2.18. The highest BCUT2D eigenvalue weighted by Crippen LogP contribution is 2.25. The first kappa shape index (κ1) is 15.9. The van der Waals surface area contributed by atoms with E-state index in [2.05, 4.69) is 0 Å². The van der Waals surface area contributed by atoms with Crippen LogP contribution in [0.5, 0.6) is 0 Å². The Balaban J connectivity index is 2.34. The predicted octanol–water partition coefficient (Wildman–Crippen LogP) is 3.75. The van der Waals surface area contributed by atoms with Crippen molar-refractivity contribution >= 4 is 11.7 Å². The summed E-state index contributed by atoms with van der Waals surface area (Å²) in [6.45, 7) is 2.18. The van der Waals surface area contributed by atoms with Gasteiger partial charge in [-0.3, -0.25) is 4.79 Å². The molecule has 0 fully saturated rings. The summed E-state index contributed by atoms with van der Waals surface area (Å²) in [5.74, 6) is -2.40. The fraction of sp³-hybridized carbons (Fsp3) is 0.235. The molecule has 2 aromatic rings. The normalized spacial score (nSPS) is 10.5. The van der Waals surface area contributed by atoms with Crippen LogP contribution in [-0.4, -0.2) is 17.6 Å². The maximum atomic E-state index is 14.0. The van der Waals surface area contributed by atoms with Gasteiger partial charge in [0, 0.05) is 13.1 Å². The largest absolute Gasteiger partial charge is 0.481 e. The molecular formula is C17H17F2NO2. The second kappa shape index (κ2) is 7.02. The van der Waals surface area contributed by atoms with E-state index in [9.17, 15) is 13.6 Å². The molecule has 0 bridgehead atoms. The van der Waals surface area contributed by atoms with Gasteiger partial charge in [0.15, 0.2) is 0 Å². The molecule has 116 valence electrons. The van der Waals surface area contributed by atoms with Crippen LogP contribution >= 0.6 is 0 Å². The van der Waals surface area contributed by atoms with Crippen LogP contribution in [-0.2, 0) is 11.3 Å². The van der Waals surface area contributed by atoms with Crippen molar-refractivity contribution in [2.75, 3.05) is 11.4 Å². The number of anilines is 1. The summed E-state index contributed by atoms with van der Waals surface area (Å²) in [6.07, 6.45) is -0.195. The number of aliphatic carboxylic acids is 1. The van der Waals surface area contributed by atoms with Crippen molar-refractivity contribution in [1.82, 2.24) is 0 Å².